The zero-order valence-corrected chi connectivity index (χ0v) is 17.5. The highest BCUT2D eigenvalue weighted by molar-refractivity contribution is 6.02. The van der Waals surface area contributed by atoms with Crippen LogP contribution in [0.15, 0.2) is 28.7 Å². The number of methoxy groups -OCH3 is 1. The van der Waals surface area contributed by atoms with Crippen molar-refractivity contribution in [1.29, 1.82) is 5.26 Å². The molecule has 8 nitrogen and oxygen atoms in total. The molecule has 0 atom stereocenters. The lowest BCUT2D eigenvalue weighted by molar-refractivity contribution is -0.117. The van der Waals surface area contributed by atoms with Crippen molar-refractivity contribution in [2.45, 2.75) is 32.6 Å². The number of hydrogen-bond acceptors (Lipinski definition) is 6. The standard InChI is InChI=1S/C22H27N5O3/c1-16-8-6-12-27-19(16)25-20(26-10-4-3-5-11-26)18(22(27)29)14-17(15-23)21(28)24-9-7-13-30-2/h6,8,12,14H,3-5,7,9-11,13H2,1-2H3,(H,24,28)/b17-14-. The summed E-state index contributed by atoms with van der Waals surface area (Å²) in [4.78, 5) is 32.6. The molecule has 1 aliphatic heterocycles. The molecule has 3 rings (SSSR count). The molecule has 158 valence electrons. The fourth-order valence-corrected chi connectivity index (χ4v) is 3.58. The van der Waals surface area contributed by atoms with E-state index in [2.05, 4.69) is 10.2 Å². The van der Waals surface area contributed by atoms with E-state index in [1.165, 1.54) is 10.5 Å². The minimum atomic E-state index is -0.507. The number of aromatic nitrogens is 2. The fraction of sp³-hybridized carbons (Fsp3) is 0.455. The lowest BCUT2D eigenvalue weighted by atomic mass is 10.1. The molecule has 0 aromatic carbocycles. The number of carbonyl (C=O) groups is 1. The first-order valence-electron chi connectivity index (χ1n) is 10.2. The Morgan fingerprint density at radius 2 is 2.13 bits per heavy atom. The minimum Gasteiger partial charge on any atom is -0.385 e. The molecule has 1 aliphatic rings. The maximum atomic E-state index is 13.3. The number of amides is 1. The van der Waals surface area contributed by atoms with Gasteiger partial charge in [-0.1, -0.05) is 6.07 Å². The highest BCUT2D eigenvalue weighted by atomic mass is 16.5. The summed E-state index contributed by atoms with van der Waals surface area (Å²) >= 11 is 0. The average molecular weight is 409 g/mol. The van der Waals surface area contributed by atoms with E-state index >= 15 is 0 Å². The molecule has 0 radical (unpaired) electrons. The molecule has 1 saturated heterocycles. The van der Waals surface area contributed by atoms with E-state index in [-0.39, 0.29) is 16.7 Å². The first-order chi connectivity index (χ1) is 14.6. The van der Waals surface area contributed by atoms with Crippen molar-refractivity contribution in [2.24, 2.45) is 0 Å². The first-order valence-corrected chi connectivity index (χ1v) is 10.2. The number of aryl methyl sites for hydroxylation is 1. The molecule has 1 fully saturated rings. The number of nitrogens with one attached hydrogen (secondary N) is 1. The van der Waals surface area contributed by atoms with E-state index in [0.717, 1.165) is 37.9 Å². The van der Waals surface area contributed by atoms with E-state index in [9.17, 15) is 14.9 Å². The Bertz CT molecular complexity index is 1050. The third kappa shape index (κ3) is 4.69. The second kappa shape index (κ2) is 10.0. The zero-order valence-electron chi connectivity index (χ0n) is 17.5. The second-order valence-corrected chi connectivity index (χ2v) is 7.36. The van der Waals surface area contributed by atoms with Gasteiger partial charge in [0.2, 0.25) is 0 Å². The Morgan fingerprint density at radius 3 is 2.83 bits per heavy atom. The van der Waals surface area contributed by atoms with Gasteiger partial charge in [-0.05, 0) is 50.3 Å². The van der Waals surface area contributed by atoms with Crippen LogP contribution in [0.1, 0.15) is 36.8 Å². The molecule has 0 unspecified atom stereocenters. The molecule has 2 aromatic heterocycles. The van der Waals surface area contributed by atoms with Crippen molar-refractivity contribution in [3.8, 4) is 6.07 Å². The van der Waals surface area contributed by atoms with Crippen molar-refractivity contribution in [3.05, 3.63) is 45.4 Å². The molecule has 0 bridgehead atoms. The van der Waals surface area contributed by atoms with Gasteiger partial charge in [0.15, 0.2) is 0 Å². The summed E-state index contributed by atoms with van der Waals surface area (Å²) in [5.41, 5.74) is 1.34. The van der Waals surface area contributed by atoms with Gasteiger partial charge >= 0.3 is 0 Å². The smallest absolute Gasteiger partial charge is 0.267 e. The number of piperidine rings is 1. The van der Waals surface area contributed by atoms with E-state index in [0.29, 0.717) is 31.0 Å². The van der Waals surface area contributed by atoms with Gasteiger partial charge in [0.05, 0.1) is 5.56 Å². The highest BCUT2D eigenvalue weighted by Gasteiger charge is 2.21. The van der Waals surface area contributed by atoms with Crippen LogP contribution in [-0.4, -0.2) is 48.6 Å². The Hall–Kier alpha value is -3.18. The Labute approximate surface area is 175 Å². The van der Waals surface area contributed by atoms with Gasteiger partial charge in [0.1, 0.15) is 23.1 Å². The fourth-order valence-electron chi connectivity index (χ4n) is 3.58. The van der Waals surface area contributed by atoms with Gasteiger partial charge in [0.25, 0.3) is 11.5 Å². The first kappa shape index (κ1) is 21.5. The molecule has 0 aliphatic carbocycles. The van der Waals surface area contributed by atoms with Gasteiger partial charge in [-0.2, -0.15) is 5.26 Å². The summed E-state index contributed by atoms with van der Waals surface area (Å²) in [5, 5.41) is 12.3. The summed E-state index contributed by atoms with van der Waals surface area (Å²) in [6.45, 7) is 4.39. The van der Waals surface area contributed by atoms with Gasteiger partial charge in [-0.25, -0.2) is 4.98 Å². The third-order valence-electron chi connectivity index (χ3n) is 5.18. The predicted octanol–water partition coefficient (Wildman–Crippen LogP) is 2.05. The van der Waals surface area contributed by atoms with Crippen LogP contribution in [0.2, 0.25) is 0 Å². The van der Waals surface area contributed by atoms with Crippen molar-refractivity contribution in [1.82, 2.24) is 14.7 Å². The third-order valence-corrected chi connectivity index (χ3v) is 5.18. The average Bonchev–Trinajstić information content (AvgIpc) is 2.77. The Kier molecular flexibility index (Phi) is 7.20. The Balaban J connectivity index is 2.07. The molecule has 0 saturated carbocycles. The summed E-state index contributed by atoms with van der Waals surface area (Å²) in [5.74, 6) is 0.0286. The molecule has 1 amide bonds. The van der Waals surface area contributed by atoms with Gasteiger partial charge in [0, 0.05) is 39.5 Å². The molecule has 1 N–H and O–H groups in total. The number of nitriles is 1. The Morgan fingerprint density at radius 1 is 1.37 bits per heavy atom. The molecular formula is C22H27N5O3. The molecule has 3 heterocycles. The highest BCUT2D eigenvalue weighted by Crippen LogP contribution is 2.23. The quantitative estimate of drug-likeness (QED) is 0.427. The van der Waals surface area contributed by atoms with Crippen LogP contribution < -0.4 is 15.8 Å². The van der Waals surface area contributed by atoms with Gasteiger partial charge in [-0.3, -0.25) is 14.0 Å². The topological polar surface area (TPSA) is 99.7 Å². The number of nitrogens with zero attached hydrogens (tertiary/aromatic N) is 4. The number of pyridine rings is 1. The number of carbonyl (C=O) groups excluding carboxylic acids is 1. The molecule has 0 spiro atoms. The summed E-state index contributed by atoms with van der Waals surface area (Å²) in [6, 6.07) is 5.62. The SMILES string of the molecule is COCCCNC(=O)/C(C#N)=C\c1c(N2CCCCC2)nc2c(C)cccn2c1=O. The monoisotopic (exact) mass is 409 g/mol. The number of ether oxygens (including phenoxy) is 1. The van der Waals surface area contributed by atoms with E-state index < -0.39 is 5.91 Å². The number of fused-ring (bicyclic) bond motifs is 1. The lowest BCUT2D eigenvalue weighted by Gasteiger charge is -2.29. The number of rotatable bonds is 7. The van der Waals surface area contributed by atoms with Crippen molar-refractivity contribution >= 4 is 23.4 Å². The maximum absolute atomic E-state index is 13.3. The van der Waals surface area contributed by atoms with Gasteiger partial charge in [-0.15, -0.1) is 0 Å². The number of anilines is 1. The molecule has 8 heteroatoms. The van der Waals surface area contributed by atoms with Crippen LogP contribution in [0.5, 0.6) is 0 Å². The number of hydrogen-bond donors (Lipinski definition) is 1. The van der Waals surface area contributed by atoms with Crippen LogP contribution in [0, 0.1) is 18.3 Å². The maximum Gasteiger partial charge on any atom is 0.267 e. The second-order valence-electron chi connectivity index (χ2n) is 7.36. The van der Waals surface area contributed by atoms with Crippen LogP contribution >= 0.6 is 0 Å². The van der Waals surface area contributed by atoms with E-state index in [1.807, 2.05) is 19.1 Å². The normalized spacial score (nSPS) is 14.6. The van der Waals surface area contributed by atoms with Crippen LogP contribution in [0.4, 0.5) is 5.82 Å². The molecule has 30 heavy (non-hydrogen) atoms. The van der Waals surface area contributed by atoms with E-state index in [1.54, 1.807) is 19.4 Å². The summed E-state index contributed by atoms with van der Waals surface area (Å²) in [6.07, 6.45) is 6.84. The zero-order chi connectivity index (χ0) is 21.5. The molecule has 2 aromatic rings. The van der Waals surface area contributed by atoms with Crippen molar-refractivity contribution in [2.75, 3.05) is 38.3 Å². The van der Waals surface area contributed by atoms with Gasteiger partial charge < -0.3 is 15.0 Å². The van der Waals surface area contributed by atoms with Crippen molar-refractivity contribution < 1.29 is 9.53 Å². The molecular weight excluding hydrogens is 382 g/mol. The van der Waals surface area contributed by atoms with Crippen LogP contribution in [0.25, 0.3) is 11.7 Å². The van der Waals surface area contributed by atoms with Crippen molar-refractivity contribution in [3.63, 3.8) is 0 Å². The largest absolute Gasteiger partial charge is 0.385 e. The lowest BCUT2D eigenvalue weighted by Crippen LogP contribution is -2.34. The summed E-state index contributed by atoms with van der Waals surface area (Å²) < 4.78 is 6.44. The van der Waals surface area contributed by atoms with Crippen LogP contribution in [-0.2, 0) is 9.53 Å². The van der Waals surface area contributed by atoms with E-state index in [4.69, 9.17) is 9.72 Å². The summed E-state index contributed by atoms with van der Waals surface area (Å²) in [7, 11) is 1.59. The predicted molar refractivity (Wildman–Crippen MR) is 115 cm³/mol. The minimum absolute atomic E-state index is 0.114. The van der Waals surface area contributed by atoms with Crippen LogP contribution in [0.3, 0.4) is 0 Å².